The number of rotatable bonds is 11. The quantitative estimate of drug-likeness (QED) is 0.173. The Balaban J connectivity index is 0.000000253. The number of likely N-dealkylation sites (tertiary alicyclic amines) is 2. The number of nitrogens with zero attached hydrogens (tertiary/aromatic N) is 4. The minimum Gasteiger partial charge on any atom is -0.480 e. The molecule has 1 aromatic rings. The number of amides is 5. The Hall–Kier alpha value is -4.63. The smallest absolute Gasteiger partial charge is 0.326 e. The number of aliphatic carboxylic acids is 2. The molecule has 5 amide bonds. The molecule has 2 aliphatic heterocycles. The number of carbonyl (C=O) groups is 7. The lowest BCUT2D eigenvalue weighted by Gasteiger charge is -2.37. The van der Waals surface area contributed by atoms with E-state index in [0.717, 1.165) is 51.4 Å². The summed E-state index contributed by atoms with van der Waals surface area (Å²) in [7, 11) is 0. The highest BCUT2D eigenvalue weighted by atomic mass is 16.4. The predicted molar refractivity (Wildman–Crippen MR) is 235 cm³/mol. The van der Waals surface area contributed by atoms with E-state index in [0.29, 0.717) is 13.1 Å². The third-order valence-corrected chi connectivity index (χ3v) is 14.3. The number of carbonyl (C=O) groups excluding carboxylic acids is 5. The summed E-state index contributed by atoms with van der Waals surface area (Å²) in [5.74, 6) is -3.35. The van der Waals surface area contributed by atoms with E-state index in [2.05, 4.69) is 39.8 Å². The van der Waals surface area contributed by atoms with Crippen molar-refractivity contribution in [2.45, 2.75) is 164 Å². The van der Waals surface area contributed by atoms with Crippen LogP contribution in [0.1, 0.15) is 144 Å². The van der Waals surface area contributed by atoms with E-state index in [1.165, 1.54) is 28.4 Å². The largest absolute Gasteiger partial charge is 0.480 e. The summed E-state index contributed by atoms with van der Waals surface area (Å²) < 4.78 is 0. The molecule has 5 aliphatic rings. The maximum Gasteiger partial charge on any atom is 0.326 e. The van der Waals surface area contributed by atoms with E-state index < -0.39 is 64.4 Å². The SMILES string of the molecule is CC(C)(C)NC(=O)N[C@H](C(=O)N1CC2[C@@H]([C@H]1C(=O)O)C2(C)C)C(C)(C)C.CC(C)(C)[C@H](NC(=O)[C@@H](CC(=O)c1cnccn1)C1CCCCC1)C(=O)N1C[C@@H]2CCC[C@@H]2[C@H]1C(=O)O. The highest BCUT2D eigenvalue weighted by molar-refractivity contribution is 5.98. The van der Waals surface area contributed by atoms with Gasteiger partial charge >= 0.3 is 18.0 Å². The molecule has 63 heavy (non-hydrogen) atoms. The molecule has 1 aromatic heterocycles. The van der Waals surface area contributed by atoms with Gasteiger partial charge in [0.2, 0.25) is 17.7 Å². The number of hydrogen-bond donors (Lipinski definition) is 5. The summed E-state index contributed by atoms with van der Waals surface area (Å²) in [4.78, 5) is 101. The van der Waals surface area contributed by atoms with Crippen LogP contribution in [0.15, 0.2) is 18.6 Å². The van der Waals surface area contributed by atoms with Gasteiger partial charge in [-0.2, -0.15) is 0 Å². The predicted octanol–water partition coefficient (Wildman–Crippen LogP) is 5.55. The number of nitrogens with one attached hydrogen (secondary N) is 3. The van der Waals surface area contributed by atoms with Crippen LogP contribution in [-0.2, 0) is 24.0 Å². The monoisotopic (exact) mass is 880 g/mol. The molecule has 6 rings (SSSR count). The lowest BCUT2D eigenvalue weighted by atomic mass is 9.76. The zero-order valence-electron chi connectivity index (χ0n) is 39.3. The van der Waals surface area contributed by atoms with Gasteiger partial charge in [-0.05, 0) is 86.4 Å². The van der Waals surface area contributed by atoms with Gasteiger partial charge in [0, 0.05) is 49.3 Å². The Bertz CT molecular complexity index is 1880. The molecule has 16 heteroatoms. The summed E-state index contributed by atoms with van der Waals surface area (Å²) in [5.41, 5.74) is -1.43. The number of carboxylic acid groups (broad SMARTS) is 2. The van der Waals surface area contributed by atoms with Gasteiger partial charge in [-0.25, -0.2) is 19.4 Å². The van der Waals surface area contributed by atoms with E-state index in [1.807, 2.05) is 62.3 Å². The standard InChI is InChI=1S/C28H40N4O5.C19H33N3O4/c1-28(2,3)24(26(35)32-16-18-10-7-11-19(18)23(32)27(36)37)31-25(34)20(17-8-5-4-6-9-17)14-22(33)21-15-29-12-13-30-21;1-17(2,3)13(20-16(26)21-18(4,5)6)14(23)22-9-10-11(19(10,7)8)12(22)15(24)25/h12-13,15,17-20,23-24H,4-11,14,16H2,1-3H3,(H,31,34)(H,36,37);10-13H,9H2,1-8H3,(H,24,25)(H2,20,21,26)/t18-,19-,20-,23-,24+;10?,11-,12-,13+/m00/s1. The lowest BCUT2D eigenvalue weighted by Crippen LogP contribution is -2.60. The molecule has 9 atom stereocenters. The van der Waals surface area contributed by atoms with Crippen LogP contribution in [0.3, 0.4) is 0 Å². The molecule has 16 nitrogen and oxygen atoms in total. The third-order valence-electron chi connectivity index (χ3n) is 14.3. The van der Waals surface area contributed by atoms with Crippen LogP contribution in [-0.4, -0.2) is 114 Å². The lowest BCUT2D eigenvalue weighted by molar-refractivity contribution is -0.152. The second-order valence-electron chi connectivity index (χ2n) is 22.5. The summed E-state index contributed by atoms with van der Waals surface area (Å²) >= 11 is 0. The van der Waals surface area contributed by atoms with Crippen molar-refractivity contribution in [2.24, 2.45) is 51.8 Å². The number of piperidine rings is 1. The number of fused-ring (bicyclic) bond motifs is 2. The van der Waals surface area contributed by atoms with Crippen LogP contribution in [0, 0.1) is 51.8 Å². The Kier molecular flexibility index (Phi) is 14.8. The fourth-order valence-corrected chi connectivity index (χ4v) is 10.8. The van der Waals surface area contributed by atoms with Gasteiger partial charge in [0.25, 0.3) is 0 Å². The van der Waals surface area contributed by atoms with Crippen LogP contribution in [0.2, 0.25) is 0 Å². The first-order chi connectivity index (χ1) is 29.1. The Morgan fingerprint density at radius 1 is 0.746 bits per heavy atom. The van der Waals surface area contributed by atoms with Crippen LogP contribution < -0.4 is 16.0 Å². The molecule has 5 fully saturated rings. The van der Waals surface area contributed by atoms with E-state index in [1.54, 1.807) is 0 Å². The van der Waals surface area contributed by atoms with Gasteiger partial charge in [-0.1, -0.05) is 81.1 Å². The Morgan fingerprint density at radius 3 is 1.84 bits per heavy atom. The summed E-state index contributed by atoms with van der Waals surface area (Å²) in [6.45, 7) is 21.8. The fourth-order valence-electron chi connectivity index (χ4n) is 10.8. The van der Waals surface area contributed by atoms with Gasteiger partial charge in [-0.15, -0.1) is 0 Å². The van der Waals surface area contributed by atoms with Crippen LogP contribution in [0.4, 0.5) is 4.79 Å². The number of carboxylic acids is 2. The zero-order chi connectivity index (χ0) is 47.0. The summed E-state index contributed by atoms with van der Waals surface area (Å²) in [6.07, 6.45) is 11.9. The molecule has 0 aromatic carbocycles. The normalized spacial score (nSPS) is 26.8. The van der Waals surface area contributed by atoms with Crippen molar-refractivity contribution in [1.29, 1.82) is 0 Å². The first-order valence-corrected chi connectivity index (χ1v) is 22.9. The highest BCUT2D eigenvalue weighted by Crippen LogP contribution is 2.65. The molecule has 350 valence electrons. The second-order valence-corrected chi connectivity index (χ2v) is 22.5. The van der Waals surface area contributed by atoms with Gasteiger partial charge in [-0.3, -0.25) is 24.2 Å². The number of urea groups is 1. The molecule has 5 N–H and O–H groups in total. The van der Waals surface area contributed by atoms with Gasteiger partial charge in [0.1, 0.15) is 29.9 Å². The minimum absolute atomic E-state index is 0.00581. The van der Waals surface area contributed by atoms with E-state index in [4.69, 9.17) is 0 Å². The van der Waals surface area contributed by atoms with Crippen molar-refractivity contribution in [3.05, 3.63) is 24.3 Å². The number of hydrogen-bond acceptors (Lipinski definition) is 9. The molecule has 3 aliphatic carbocycles. The topological polar surface area (TPSA) is 228 Å². The van der Waals surface area contributed by atoms with E-state index in [-0.39, 0.29) is 70.6 Å². The van der Waals surface area contributed by atoms with Crippen molar-refractivity contribution < 1.29 is 43.8 Å². The van der Waals surface area contributed by atoms with E-state index >= 15 is 0 Å². The average molecular weight is 880 g/mol. The molecule has 2 saturated heterocycles. The van der Waals surface area contributed by atoms with E-state index in [9.17, 15) is 43.8 Å². The van der Waals surface area contributed by atoms with Gasteiger partial charge in [0.15, 0.2) is 5.78 Å². The Labute approximate surface area is 372 Å². The minimum atomic E-state index is -0.976. The molecule has 0 radical (unpaired) electrons. The van der Waals surface area contributed by atoms with Crippen LogP contribution in [0.5, 0.6) is 0 Å². The molecule has 0 bridgehead atoms. The first-order valence-electron chi connectivity index (χ1n) is 22.9. The average Bonchev–Trinajstić information content (AvgIpc) is 3.68. The first kappa shape index (κ1) is 49.4. The summed E-state index contributed by atoms with van der Waals surface area (Å²) in [5, 5.41) is 28.2. The van der Waals surface area contributed by atoms with Gasteiger partial charge < -0.3 is 36.0 Å². The van der Waals surface area contributed by atoms with Crippen molar-refractivity contribution in [1.82, 2.24) is 35.7 Å². The molecular weight excluding hydrogens is 807 g/mol. The zero-order valence-corrected chi connectivity index (χ0v) is 39.3. The molecule has 1 unspecified atom stereocenters. The second kappa shape index (κ2) is 18.8. The molecule has 3 saturated carbocycles. The van der Waals surface area contributed by atoms with Crippen molar-refractivity contribution >= 4 is 41.5 Å². The van der Waals surface area contributed by atoms with Crippen molar-refractivity contribution in [2.75, 3.05) is 13.1 Å². The summed E-state index contributed by atoms with van der Waals surface area (Å²) in [6, 6.07) is -3.79. The molecular formula is C47H73N7O9. The maximum absolute atomic E-state index is 13.9. The highest BCUT2D eigenvalue weighted by Gasteiger charge is 2.70. The maximum atomic E-state index is 13.9. The van der Waals surface area contributed by atoms with Crippen molar-refractivity contribution in [3.8, 4) is 0 Å². The third kappa shape index (κ3) is 11.4. The number of aromatic nitrogens is 2. The Morgan fingerprint density at radius 2 is 1.32 bits per heavy atom. The van der Waals surface area contributed by atoms with Crippen molar-refractivity contribution in [3.63, 3.8) is 0 Å². The molecule has 0 spiro atoms. The van der Waals surface area contributed by atoms with Gasteiger partial charge in [0.05, 0.1) is 6.20 Å². The van der Waals surface area contributed by atoms with Crippen LogP contribution in [0.25, 0.3) is 0 Å². The number of Topliss-reactive ketones (excluding diaryl/α,β-unsaturated/α-hetero) is 1. The number of ketones is 1. The fraction of sp³-hybridized carbons (Fsp3) is 0.766. The molecule has 3 heterocycles. The van der Waals surface area contributed by atoms with Crippen LogP contribution >= 0.6 is 0 Å².